The van der Waals surface area contributed by atoms with Gasteiger partial charge in [-0.25, -0.2) is 4.99 Å². The van der Waals surface area contributed by atoms with E-state index in [9.17, 15) is 13.2 Å². The van der Waals surface area contributed by atoms with Gasteiger partial charge in [-0.1, -0.05) is 0 Å². The highest BCUT2D eigenvalue weighted by molar-refractivity contribution is 9.11. The first-order valence-electron chi connectivity index (χ1n) is 2.65. The largest absolute Gasteiger partial charge is 0.412 e. The third kappa shape index (κ3) is 2.21. The molecule has 0 amide bonds. The molecule has 1 rings (SSSR count). The third-order valence-electron chi connectivity index (χ3n) is 1.04. The molecule has 1 radical (unpaired) electrons. The van der Waals surface area contributed by atoms with Crippen LogP contribution in [-0.4, -0.2) is 18.6 Å². The molecule has 0 fully saturated rings. The summed E-state index contributed by atoms with van der Waals surface area (Å²) in [4.78, 5) is 3.41. The van der Waals surface area contributed by atoms with Crippen molar-refractivity contribution >= 4 is 22.3 Å². The molecule has 1 unspecified atom stereocenters. The van der Waals surface area contributed by atoms with E-state index in [4.69, 9.17) is 0 Å². The quantitative estimate of drug-likeness (QED) is 0.626. The minimum Gasteiger partial charge on any atom is -0.352 e. The van der Waals surface area contributed by atoms with Gasteiger partial charge >= 0.3 is 6.18 Å². The van der Waals surface area contributed by atoms with Gasteiger partial charge in [0, 0.05) is 0 Å². The summed E-state index contributed by atoms with van der Waals surface area (Å²) < 4.78 is 35.9. The molecule has 1 aliphatic heterocycles. The normalized spacial score (nSPS) is 24.4. The SMILES string of the molecule is FC(F)(F)C1C=C(Br)N=[C]N1. The van der Waals surface area contributed by atoms with E-state index in [0.29, 0.717) is 0 Å². The number of nitrogens with one attached hydrogen (secondary N) is 1. The zero-order valence-corrected chi connectivity index (χ0v) is 6.70. The van der Waals surface area contributed by atoms with Crippen LogP contribution in [0.1, 0.15) is 0 Å². The molecule has 6 heteroatoms. The van der Waals surface area contributed by atoms with E-state index in [-0.39, 0.29) is 4.61 Å². The van der Waals surface area contributed by atoms with Gasteiger partial charge in [-0.2, -0.15) is 13.2 Å². The molecule has 0 bridgehead atoms. The maximum Gasteiger partial charge on any atom is 0.412 e. The average Bonchev–Trinajstić information content (AvgIpc) is 1.86. The van der Waals surface area contributed by atoms with Crippen molar-refractivity contribution in [1.82, 2.24) is 5.32 Å². The lowest BCUT2D eigenvalue weighted by molar-refractivity contribution is -0.141. The number of aliphatic imine (C=N–C) groups is 1. The Bertz CT molecular complexity index is 208. The summed E-state index contributed by atoms with van der Waals surface area (Å²) in [6, 6.07) is -1.69. The summed E-state index contributed by atoms with van der Waals surface area (Å²) in [6.07, 6.45) is -1.33. The van der Waals surface area contributed by atoms with Gasteiger partial charge in [0.1, 0.15) is 10.6 Å². The number of alkyl halides is 3. The van der Waals surface area contributed by atoms with Gasteiger partial charge in [0.15, 0.2) is 6.34 Å². The van der Waals surface area contributed by atoms with Gasteiger partial charge in [0.25, 0.3) is 0 Å². The second-order valence-electron chi connectivity index (χ2n) is 1.88. The van der Waals surface area contributed by atoms with Crippen LogP contribution in [0.3, 0.4) is 0 Å². The van der Waals surface area contributed by atoms with Crippen molar-refractivity contribution in [3.63, 3.8) is 0 Å². The van der Waals surface area contributed by atoms with E-state index in [1.54, 1.807) is 0 Å². The van der Waals surface area contributed by atoms with Crippen LogP contribution in [0, 0.1) is 0 Å². The van der Waals surface area contributed by atoms with Crippen molar-refractivity contribution in [2.45, 2.75) is 12.2 Å². The zero-order valence-electron chi connectivity index (χ0n) is 5.11. The number of hydrogen-bond donors (Lipinski definition) is 1. The molecule has 0 aromatic heterocycles. The lowest BCUT2D eigenvalue weighted by Gasteiger charge is -2.18. The van der Waals surface area contributed by atoms with Crippen LogP contribution in [0.2, 0.25) is 0 Å². The van der Waals surface area contributed by atoms with E-state index >= 15 is 0 Å². The van der Waals surface area contributed by atoms with E-state index in [1.165, 1.54) is 0 Å². The number of nitrogens with zero attached hydrogens (tertiary/aromatic N) is 1. The van der Waals surface area contributed by atoms with Crippen LogP contribution < -0.4 is 5.32 Å². The molecule has 61 valence electrons. The molecule has 1 aliphatic rings. The molecule has 0 saturated carbocycles. The lowest BCUT2D eigenvalue weighted by Crippen LogP contribution is -2.41. The zero-order chi connectivity index (χ0) is 8.48. The molecule has 2 nitrogen and oxygen atoms in total. The Morgan fingerprint density at radius 3 is 2.64 bits per heavy atom. The molecule has 0 spiro atoms. The highest BCUT2D eigenvalue weighted by Gasteiger charge is 2.38. The first kappa shape index (κ1) is 8.58. The Labute approximate surface area is 69.3 Å². The molecule has 1 heterocycles. The highest BCUT2D eigenvalue weighted by atomic mass is 79.9. The van der Waals surface area contributed by atoms with Crippen LogP contribution in [0.25, 0.3) is 0 Å². The molecule has 0 saturated heterocycles. The molecule has 0 aromatic rings. The molecular formula is C5H3BrF3N2. The van der Waals surface area contributed by atoms with Gasteiger partial charge in [-0.15, -0.1) is 0 Å². The summed E-state index contributed by atoms with van der Waals surface area (Å²) in [5, 5.41) is 1.94. The molecule has 11 heavy (non-hydrogen) atoms. The molecule has 0 aliphatic carbocycles. The van der Waals surface area contributed by atoms with Crippen molar-refractivity contribution in [1.29, 1.82) is 0 Å². The third-order valence-corrected chi connectivity index (χ3v) is 1.48. The first-order chi connectivity index (χ1) is 5.00. The van der Waals surface area contributed by atoms with Crippen molar-refractivity contribution in [2.24, 2.45) is 4.99 Å². The van der Waals surface area contributed by atoms with Crippen LogP contribution in [-0.2, 0) is 0 Å². The minimum absolute atomic E-state index is 0.138. The second kappa shape index (κ2) is 2.84. The van der Waals surface area contributed by atoms with Crippen LogP contribution in [0.5, 0.6) is 0 Å². The van der Waals surface area contributed by atoms with E-state index in [0.717, 1.165) is 6.08 Å². The van der Waals surface area contributed by atoms with E-state index in [2.05, 4.69) is 20.9 Å². The Balaban J connectivity index is 2.71. The van der Waals surface area contributed by atoms with Gasteiger partial charge in [0.2, 0.25) is 0 Å². The van der Waals surface area contributed by atoms with Gasteiger partial charge in [-0.3, -0.25) is 0 Å². The fourth-order valence-electron chi connectivity index (χ4n) is 0.548. The Kier molecular flexibility index (Phi) is 2.22. The molecular weight excluding hydrogens is 225 g/mol. The summed E-state index contributed by atoms with van der Waals surface area (Å²) in [5.74, 6) is 0. The van der Waals surface area contributed by atoms with Crippen molar-refractivity contribution in [2.75, 3.05) is 0 Å². The predicted octanol–water partition coefficient (Wildman–Crippen LogP) is 1.66. The predicted molar refractivity (Wildman–Crippen MR) is 37.4 cm³/mol. The monoisotopic (exact) mass is 227 g/mol. The Morgan fingerprint density at radius 2 is 2.27 bits per heavy atom. The first-order valence-corrected chi connectivity index (χ1v) is 3.45. The Morgan fingerprint density at radius 1 is 1.64 bits per heavy atom. The fraction of sp³-hybridized carbons (Fsp3) is 0.400. The highest BCUT2D eigenvalue weighted by Crippen LogP contribution is 2.24. The lowest BCUT2D eigenvalue weighted by atomic mass is 10.3. The number of halogens is 4. The standard InChI is InChI=1S/C5H3BrF3N2/c6-4-1-3(5(7,8)9)10-2-11-4/h1,3H,(H,10,11). The fourth-order valence-corrected chi connectivity index (χ4v) is 0.901. The van der Waals surface area contributed by atoms with Gasteiger partial charge in [-0.05, 0) is 22.0 Å². The maximum atomic E-state index is 11.9. The summed E-state index contributed by atoms with van der Waals surface area (Å²) >= 11 is 2.81. The average molecular weight is 228 g/mol. The second-order valence-corrected chi connectivity index (χ2v) is 2.69. The topological polar surface area (TPSA) is 24.4 Å². The van der Waals surface area contributed by atoms with Crippen molar-refractivity contribution in [3.8, 4) is 0 Å². The smallest absolute Gasteiger partial charge is 0.352 e. The molecule has 1 atom stereocenters. The Hall–Kier alpha value is -0.520. The molecule has 1 N–H and O–H groups in total. The van der Waals surface area contributed by atoms with Gasteiger partial charge < -0.3 is 5.32 Å². The maximum absolute atomic E-state index is 11.9. The molecule has 0 aromatic carbocycles. The minimum atomic E-state index is -4.29. The van der Waals surface area contributed by atoms with Crippen molar-refractivity contribution in [3.05, 3.63) is 10.7 Å². The van der Waals surface area contributed by atoms with E-state index < -0.39 is 12.2 Å². The summed E-state index contributed by atoms with van der Waals surface area (Å²) in [5.41, 5.74) is 0. The number of rotatable bonds is 0. The van der Waals surface area contributed by atoms with Gasteiger partial charge in [0.05, 0.1) is 0 Å². The van der Waals surface area contributed by atoms with Crippen LogP contribution in [0.15, 0.2) is 15.7 Å². The van der Waals surface area contributed by atoms with Crippen LogP contribution >= 0.6 is 15.9 Å². The van der Waals surface area contributed by atoms with Crippen molar-refractivity contribution < 1.29 is 13.2 Å². The van der Waals surface area contributed by atoms with Crippen LogP contribution in [0.4, 0.5) is 13.2 Å². The van der Waals surface area contributed by atoms with E-state index in [1.807, 2.05) is 11.7 Å². The summed E-state index contributed by atoms with van der Waals surface area (Å²) in [7, 11) is 0. The number of hydrogen-bond acceptors (Lipinski definition) is 2. The summed E-state index contributed by atoms with van der Waals surface area (Å²) in [6.45, 7) is 0.